The fraction of sp³-hybridized carbons (Fsp3) is 0.438. The van der Waals surface area contributed by atoms with Crippen molar-refractivity contribution in [2.24, 2.45) is 0 Å². The third-order valence-electron chi connectivity index (χ3n) is 2.20. The van der Waals surface area contributed by atoms with Gasteiger partial charge in [-0.2, -0.15) is 0 Å². The molecule has 3 heteroatoms. The van der Waals surface area contributed by atoms with Crippen LogP contribution in [0.3, 0.4) is 0 Å². The van der Waals surface area contributed by atoms with Gasteiger partial charge in [0.05, 0.1) is 5.56 Å². The van der Waals surface area contributed by atoms with E-state index in [1.54, 1.807) is 0 Å². The summed E-state index contributed by atoms with van der Waals surface area (Å²) >= 11 is 0. The first-order valence-corrected chi connectivity index (χ1v) is 6.47. The Morgan fingerprint density at radius 3 is 2.16 bits per heavy atom. The van der Waals surface area contributed by atoms with Gasteiger partial charge in [0.1, 0.15) is 11.4 Å². The molecular formula is C16H24O3. The normalized spacial score (nSPS) is 10.2. The molecule has 0 radical (unpaired) electrons. The smallest absolute Gasteiger partial charge is 0.338 e. The molecule has 0 aromatic heterocycles. The number of aromatic hydroxyl groups is 1. The third kappa shape index (κ3) is 6.65. The quantitative estimate of drug-likeness (QED) is 0.650. The second-order valence-corrected chi connectivity index (χ2v) is 4.83. The van der Waals surface area contributed by atoms with Crippen molar-refractivity contribution in [2.45, 2.75) is 46.6 Å². The van der Waals surface area contributed by atoms with E-state index in [9.17, 15) is 4.79 Å². The summed E-state index contributed by atoms with van der Waals surface area (Å²) in [4.78, 5) is 11.8. The Hall–Kier alpha value is -1.77. The fourth-order valence-corrected chi connectivity index (χ4v) is 1.67. The maximum atomic E-state index is 11.8. The first-order chi connectivity index (χ1) is 8.80. The molecule has 0 unspecified atom stereocenters. The van der Waals surface area contributed by atoms with E-state index in [2.05, 4.69) is 6.58 Å². The summed E-state index contributed by atoms with van der Waals surface area (Å²) in [6.07, 6.45) is 0.622. The lowest BCUT2D eigenvalue weighted by Crippen LogP contribution is -2.28. The molecule has 1 rings (SSSR count). The summed E-state index contributed by atoms with van der Waals surface area (Å²) in [6, 6.07) is 5.99. The molecule has 1 aromatic rings. The van der Waals surface area contributed by atoms with Crippen molar-refractivity contribution < 1.29 is 14.6 Å². The van der Waals surface area contributed by atoms with Crippen LogP contribution >= 0.6 is 0 Å². The topological polar surface area (TPSA) is 46.5 Å². The summed E-state index contributed by atoms with van der Waals surface area (Å²) in [5.74, 6) is -0.265. The highest BCUT2D eigenvalue weighted by Crippen LogP contribution is 2.21. The SMILES string of the molecule is C=C(C)CC(C)(C)OC(=O)c1ccc(O)cc1.CC. The lowest BCUT2D eigenvalue weighted by atomic mass is 10.0. The van der Waals surface area contributed by atoms with Gasteiger partial charge < -0.3 is 9.84 Å². The fourth-order valence-electron chi connectivity index (χ4n) is 1.67. The minimum absolute atomic E-state index is 0.128. The predicted molar refractivity (Wildman–Crippen MR) is 78.4 cm³/mol. The van der Waals surface area contributed by atoms with E-state index in [4.69, 9.17) is 9.84 Å². The highest BCUT2D eigenvalue weighted by atomic mass is 16.6. The van der Waals surface area contributed by atoms with Gasteiger partial charge >= 0.3 is 5.97 Å². The molecule has 0 heterocycles. The number of phenols is 1. The summed E-state index contributed by atoms with van der Waals surface area (Å²) in [5, 5.41) is 9.13. The lowest BCUT2D eigenvalue weighted by Gasteiger charge is -2.25. The molecule has 0 atom stereocenters. The van der Waals surface area contributed by atoms with Gasteiger partial charge in [-0.1, -0.05) is 26.0 Å². The first kappa shape index (κ1) is 17.2. The molecule has 0 saturated carbocycles. The van der Waals surface area contributed by atoms with Crippen LogP contribution in [-0.4, -0.2) is 16.7 Å². The second-order valence-electron chi connectivity index (χ2n) is 4.83. The van der Waals surface area contributed by atoms with Crippen molar-refractivity contribution in [1.29, 1.82) is 0 Å². The van der Waals surface area contributed by atoms with Gasteiger partial charge in [-0.05, 0) is 45.0 Å². The molecule has 106 valence electrons. The molecule has 0 spiro atoms. The molecule has 3 nitrogen and oxygen atoms in total. The zero-order valence-electron chi connectivity index (χ0n) is 12.5. The van der Waals surface area contributed by atoms with E-state index in [1.165, 1.54) is 24.3 Å². The van der Waals surface area contributed by atoms with Crippen molar-refractivity contribution >= 4 is 5.97 Å². The van der Waals surface area contributed by atoms with E-state index in [0.29, 0.717) is 12.0 Å². The van der Waals surface area contributed by atoms with Crippen LogP contribution in [0.4, 0.5) is 0 Å². The third-order valence-corrected chi connectivity index (χ3v) is 2.20. The maximum absolute atomic E-state index is 11.8. The maximum Gasteiger partial charge on any atom is 0.338 e. The van der Waals surface area contributed by atoms with Crippen LogP contribution in [-0.2, 0) is 4.74 Å². The molecule has 0 aliphatic heterocycles. The van der Waals surface area contributed by atoms with Crippen LogP contribution in [0.1, 0.15) is 51.4 Å². The van der Waals surface area contributed by atoms with Gasteiger partial charge in [0, 0.05) is 6.42 Å². The molecule has 1 aromatic carbocycles. The molecule has 0 saturated heterocycles. The highest BCUT2D eigenvalue weighted by molar-refractivity contribution is 5.89. The zero-order chi connectivity index (χ0) is 15.1. The Morgan fingerprint density at radius 1 is 1.26 bits per heavy atom. The molecule has 1 N–H and O–H groups in total. The van der Waals surface area contributed by atoms with Crippen LogP contribution in [0.5, 0.6) is 5.75 Å². The lowest BCUT2D eigenvalue weighted by molar-refractivity contribution is -0.000551. The molecule has 0 aliphatic carbocycles. The van der Waals surface area contributed by atoms with E-state index >= 15 is 0 Å². The van der Waals surface area contributed by atoms with Crippen LogP contribution in [0.15, 0.2) is 36.4 Å². The molecule has 0 fully saturated rings. The van der Waals surface area contributed by atoms with E-state index < -0.39 is 11.6 Å². The Balaban J connectivity index is 0.00000154. The van der Waals surface area contributed by atoms with Gasteiger partial charge in [-0.3, -0.25) is 0 Å². The zero-order valence-corrected chi connectivity index (χ0v) is 12.5. The van der Waals surface area contributed by atoms with Gasteiger partial charge in [0.2, 0.25) is 0 Å². The van der Waals surface area contributed by atoms with E-state index in [-0.39, 0.29) is 5.75 Å². The van der Waals surface area contributed by atoms with E-state index in [1.807, 2.05) is 34.6 Å². The van der Waals surface area contributed by atoms with E-state index in [0.717, 1.165) is 5.57 Å². The average molecular weight is 264 g/mol. The number of carbonyl (C=O) groups excluding carboxylic acids is 1. The summed E-state index contributed by atoms with van der Waals surface area (Å²) in [5.41, 5.74) is 0.826. The summed E-state index contributed by atoms with van der Waals surface area (Å²) in [7, 11) is 0. The van der Waals surface area contributed by atoms with Crippen molar-refractivity contribution in [2.75, 3.05) is 0 Å². The van der Waals surface area contributed by atoms with Gasteiger partial charge in [-0.25, -0.2) is 4.79 Å². The number of esters is 1. The Bertz CT molecular complexity index is 416. The number of hydrogen-bond acceptors (Lipinski definition) is 3. The average Bonchev–Trinajstić information content (AvgIpc) is 2.29. The minimum Gasteiger partial charge on any atom is -0.508 e. The van der Waals surface area contributed by atoms with Crippen LogP contribution in [0, 0.1) is 0 Å². The minimum atomic E-state index is -0.569. The Labute approximate surface area is 115 Å². The van der Waals surface area contributed by atoms with Crippen LogP contribution < -0.4 is 0 Å². The van der Waals surface area contributed by atoms with Crippen LogP contribution in [0.25, 0.3) is 0 Å². The number of hydrogen-bond donors (Lipinski definition) is 1. The Kier molecular flexibility index (Phi) is 6.91. The number of rotatable bonds is 4. The molecular weight excluding hydrogens is 240 g/mol. The molecule has 0 aliphatic rings. The van der Waals surface area contributed by atoms with Crippen molar-refractivity contribution in [3.05, 3.63) is 42.0 Å². The van der Waals surface area contributed by atoms with Crippen molar-refractivity contribution in [1.82, 2.24) is 0 Å². The monoisotopic (exact) mass is 264 g/mol. The number of carbonyl (C=O) groups is 1. The summed E-state index contributed by atoms with van der Waals surface area (Å²) < 4.78 is 5.39. The molecule has 0 amide bonds. The predicted octanol–water partition coefficient (Wildman–Crippen LogP) is 4.32. The van der Waals surface area contributed by atoms with Gasteiger partial charge in [0.25, 0.3) is 0 Å². The van der Waals surface area contributed by atoms with Gasteiger partial charge in [0.15, 0.2) is 0 Å². The van der Waals surface area contributed by atoms with Crippen LogP contribution in [0.2, 0.25) is 0 Å². The largest absolute Gasteiger partial charge is 0.508 e. The second kappa shape index (κ2) is 7.62. The summed E-state index contributed by atoms with van der Waals surface area (Å²) in [6.45, 7) is 13.4. The number of phenolic OH excluding ortho intramolecular Hbond substituents is 1. The Morgan fingerprint density at radius 2 is 1.74 bits per heavy atom. The number of benzene rings is 1. The standard InChI is InChI=1S/C14H18O3.C2H6/c1-10(2)9-14(3,4)17-13(16)11-5-7-12(15)8-6-11;1-2/h5-8,15H,1,9H2,2-4H3;1-2H3. The number of ether oxygens (including phenoxy) is 1. The first-order valence-electron chi connectivity index (χ1n) is 6.47. The highest BCUT2D eigenvalue weighted by Gasteiger charge is 2.23. The molecule has 0 bridgehead atoms. The van der Waals surface area contributed by atoms with Crippen molar-refractivity contribution in [3.8, 4) is 5.75 Å². The molecule has 19 heavy (non-hydrogen) atoms. The van der Waals surface area contributed by atoms with Crippen molar-refractivity contribution in [3.63, 3.8) is 0 Å². The van der Waals surface area contributed by atoms with Gasteiger partial charge in [-0.15, -0.1) is 0 Å².